The molecule has 2 aliphatic rings. The van der Waals surface area contributed by atoms with E-state index in [0.29, 0.717) is 16.9 Å². The summed E-state index contributed by atoms with van der Waals surface area (Å²) in [5, 5.41) is 2.38. The molecule has 1 unspecified atom stereocenters. The second-order valence-corrected chi connectivity index (χ2v) is 13.0. The van der Waals surface area contributed by atoms with Crippen LogP contribution < -0.4 is 5.32 Å². The maximum atomic E-state index is 14.2. The Labute approximate surface area is 228 Å². The van der Waals surface area contributed by atoms with Crippen molar-refractivity contribution in [1.82, 2.24) is 14.5 Å². The standard InChI is InChI=1S/C29H32FN3O3S2/c1-32-17-15-23(16-18-32)27(22-7-3-2-4-8-22)31-28(34)29-33(19-20-37-29)38(35,36)24-13-11-21(12-14-24)25-9-5-6-10-26(25)30/h2-14,23,27,29H,15-20H2,1H3,(H,31,34)/t27?,29-/m0/s1. The molecule has 1 N–H and O–H groups in total. The molecule has 2 fully saturated rings. The molecule has 9 heteroatoms. The molecule has 0 aromatic heterocycles. The van der Waals surface area contributed by atoms with Crippen molar-refractivity contribution in [3.8, 4) is 11.1 Å². The first kappa shape index (κ1) is 26.9. The highest BCUT2D eigenvalue weighted by molar-refractivity contribution is 8.02. The quantitative estimate of drug-likeness (QED) is 0.457. The van der Waals surface area contributed by atoms with Crippen LogP contribution in [0.2, 0.25) is 0 Å². The molecule has 0 saturated carbocycles. The Hall–Kier alpha value is -2.72. The molecule has 5 rings (SSSR count). The summed E-state index contributed by atoms with van der Waals surface area (Å²) in [5.74, 6) is 0.162. The van der Waals surface area contributed by atoms with Crippen molar-refractivity contribution in [2.45, 2.75) is 29.2 Å². The van der Waals surface area contributed by atoms with E-state index >= 15 is 0 Å². The Kier molecular flexibility index (Phi) is 8.18. The molecular weight excluding hydrogens is 521 g/mol. The van der Waals surface area contributed by atoms with Crippen LogP contribution in [0.25, 0.3) is 11.1 Å². The van der Waals surface area contributed by atoms with Gasteiger partial charge in [0.15, 0.2) is 0 Å². The number of hydrogen-bond acceptors (Lipinski definition) is 5. The van der Waals surface area contributed by atoms with Crippen molar-refractivity contribution in [2.24, 2.45) is 5.92 Å². The van der Waals surface area contributed by atoms with Gasteiger partial charge in [-0.05, 0) is 68.2 Å². The number of benzene rings is 3. The number of nitrogens with zero attached hydrogens (tertiary/aromatic N) is 2. The van der Waals surface area contributed by atoms with Gasteiger partial charge in [-0.2, -0.15) is 4.31 Å². The Bertz CT molecular complexity index is 1360. The van der Waals surface area contributed by atoms with Crippen LogP contribution in [0.3, 0.4) is 0 Å². The minimum Gasteiger partial charge on any atom is -0.347 e. The number of rotatable bonds is 7. The summed E-state index contributed by atoms with van der Waals surface area (Å²) in [4.78, 5) is 16.0. The normalized spacial score (nSPS) is 20.3. The van der Waals surface area contributed by atoms with Crippen LogP contribution in [-0.2, 0) is 14.8 Å². The van der Waals surface area contributed by atoms with Crippen LogP contribution in [0.4, 0.5) is 4.39 Å². The molecule has 2 aliphatic heterocycles. The molecule has 6 nitrogen and oxygen atoms in total. The number of hydrogen-bond donors (Lipinski definition) is 1. The molecule has 2 atom stereocenters. The molecule has 3 aromatic carbocycles. The predicted octanol–water partition coefficient (Wildman–Crippen LogP) is 4.76. The summed E-state index contributed by atoms with van der Waals surface area (Å²) in [6.07, 6.45) is 1.93. The smallest absolute Gasteiger partial charge is 0.249 e. The zero-order chi connectivity index (χ0) is 26.7. The lowest BCUT2D eigenvalue weighted by Crippen LogP contribution is -2.47. The Morgan fingerprint density at radius 3 is 2.29 bits per heavy atom. The van der Waals surface area contributed by atoms with Crippen LogP contribution in [0.5, 0.6) is 0 Å². The van der Waals surface area contributed by atoms with E-state index < -0.39 is 15.4 Å². The SMILES string of the molecule is CN1CCC(C(NC(=O)[C@@H]2SCCN2S(=O)(=O)c2ccc(-c3ccccc3F)cc2)c2ccccc2)CC1. The summed E-state index contributed by atoms with van der Waals surface area (Å²) in [6, 6.07) is 22.3. The maximum absolute atomic E-state index is 14.2. The van der Waals surface area contributed by atoms with E-state index in [1.165, 1.54) is 34.3 Å². The fourth-order valence-electron chi connectivity index (χ4n) is 5.26. The average molecular weight is 554 g/mol. The summed E-state index contributed by atoms with van der Waals surface area (Å²) in [7, 11) is -1.82. The van der Waals surface area contributed by atoms with E-state index in [9.17, 15) is 17.6 Å². The van der Waals surface area contributed by atoms with Gasteiger partial charge >= 0.3 is 0 Å². The van der Waals surface area contributed by atoms with Gasteiger partial charge in [-0.3, -0.25) is 4.79 Å². The zero-order valence-corrected chi connectivity index (χ0v) is 22.9. The minimum absolute atomic E-state index is 0.0906. The molecule has 0 aliphatic carbocycles. The second-order valence-electron chi connectivity index (χ2n) is 9.88. The van der Waals surface area contributed by atoms with E-state index in [1.54, 1.807) is 30.3 Å². The van der Waals surface area contributed by atoms with E-state index in [1.807, 2.05) is 30.3 Å². The third-order valence-electron chi connectivity index (χ3n) is 7.41. The second kappa shape index (κ2) is 11.6. The first-order chi connectivity index (χ1) is 18.3. The Morgan fingerprint density at radius 2 is 1.61 bits per heavy atom. The van der Waals surface area contributed by atoms with Gasteiger partial charge in [0.05, 0.1) is 10.9 Å². The van der Waals surface area contributed by atoms with Crippen molar-refractivity contribution < 1.29 is 17.6 Å². The van der Waals surface area contributed by atoms with Gasteiger partial charge in [-0.25, -0.2) is 12.8 Å². The lowest BCUT2D eigenvalue weighted by atomic mass is 9.85. The van der Waals surface area contributed by atoms with Crippen LogP contribution in [0.15, 0.2) is 83.8 Å². The van der Waals surface area contributed by atoms with Crippen molar-refractivity contribution in [3.05, 3.63) is 90.2 Å². The van der Waals surface area contributed by atoms with E-state index in [4.69, 9.17) is 0 Å². The van der Waals surface area contributed by atoms with Gasteiger partial charge in [0.2, 0.25) is 15.9 Å². The van der Waals surface area contributed by atoms with Gasteiger partial charge in [-0.15, -0.1) is 11.8 Å². The zero-order valence-electron chi connectivity index (χ0n) is 21.3. The molecule has 0 spiro atoms. The minimum atomic E-state index is -3.92. The lowest BCUT2D eigenvalue weighted by molar-refractivity contribution is -0.123. The molecule has 2 heterocycles. The van der Waals surface area contributed by atoms with E-state index in [2.05, 4.69) is 17.3 Å². The number of piperidine rings is 1. The van der Waals surface area contributed by atoms with Crippen molar-refractivity contribution in [2.75, 3.05) is 32.4 Å². The molecule has 200 valence electrons. The number of sulfonamides is 1. The van der Waals surface area contributed by atoms with Gasteiger partial charge in [0.25, 0.3) is 0 Å². The van der Waals surface area contributed by atoms with Gasteiger partial charge in [0.1, 0.15) is 11.2 Å². The summed E-state index contributed by atoms with van der Waals surface area (Å²) in [6.45, 7) is 2.18. The lowest BCUT2D eigenvalue weighted by Gasteiger charge is -2.36. The third kappa shape index (κ3) is 5.66. The van der Waals surface area contributed by atoms with Crippen molar-refractivity contribution in [3.63, 3.8) is 0 Å². The summed E-state index contributed by atoms with van der Waals surface area (Å²) in [5.41, 5.74) is 2.04. The number of thioether (sulfide) groups is 1. The fraction of sp³-hybridized carbons (Fsp3) is 0.345. The Balaban J connectivity index is 1.35. The topological polar surface area (TPSA) is 69.7 Å². The highest BCUT2D eigenvalue weighted by Gasteiger charge is 2.41. The van der Waals surface area contributed by atoms with Crippen LogP contribution in [0, 0.1) is 11.7 Å². The van der Waals surface area contributed by atoms with Crippen molar-refractivity contribution >= 4 is 27.7 Å². The maximum Gasteiger partial charge on any atom is 0.249 e. The number of likely N-dealkylation sites (tertiary alicyclic amines) is 1. The van der Waals surface area contributed by atoms with Crippen molar-refractivity contribution in [1.29, 1.82) is 0 Å². The molecule has 2 saturated heterocycles. The van der Waals surface area contributed by atoms with Gasteiger partial charge in [0, 0.05) is 17.9 Å². The number of amides is 1. The molecule has 38 heavy (non-hydrogen) atoms. The number of nitrogens with one attached hydrogen (secondary N) is 1. The first-order valence-electron chi connectivity index (χ1n) is 12.9. The summed E-state index contributed by atoms with van der Waals surface area (Å²) < 4.78 is 42.7. The number of halogens is 1. The number of carbonyl (C=O) groups is 1. The highest BCUT2D eigenvalue weighted by Crippen LogP contribution is 2.34. The third-order valence-corrected chi connectivity index (χ3v) is 10.6. The van der Waals surface area contributed by atoms with Crippen LogP contribution in [-0.4, -0.2) is 61.3 Å². The molecular formula is C29H32FN3O3S2. The number of carbonyl (C=O) groups excluding carboxylic acids is 1. The molecule has 0 bridgehead atoms. The molecule has 1 amide bonds. The Morgan fingerprint density at radius 1 is 0.947 bits per heavy atom. The van der Waals surface area contributed by atoms with Gasteiger partial charge in [-0.1, -0.05) is 60.7 Å². The monoisotopic (exact) mass is 553 g/mol. The van der Waals surface area contributed by atoms with Gasteiger partial charge < -0.3 is 10.2 Å². The molecule has 0 radical (unpaired) electrons. The van der Waals surface area contributed by atoms with E-state index in [-0.39, 0.29) is 35.1 Å². The molecule has 3 aromatic rings. The van der Waals surface area contributed by atoms with E-state index in [0.717, 1.165) is 31.5 Å². The highest BCUT2D eigenvalue weighted by atomic mass is 32.2. The van der Waals surface area contributed by atoms with Crippen LogP contribution in [0.1, 0.15) is 24.4 Å². The largest absolute Gasteiger partial charge is 0.347 e. The average Bonchev–Trinajstić information content (AvgIpc) is 3.45. The fourth-order valence-corrected chi connectivity index (χ4v) is 8.35. The summed E-state index contributed by atoms with van der Waals surface area (Å²) >= 11 is 1.34. The first-order valence-corrected chi connectivity index (χ1v) is 15.4. The van der Waals surface area contributed by atoms with Crippen LogP contribution >= 0.6 is 11.8 Å². The predicted molar refractivity (Wildman–Crippen MR) is 150 cm³/mol.